The second-order valence-corrected chi connectivity index (χ2v) is 6.15. The first kappa shape index (κ1) is 12.2. The van der Waals surface area contributed by atoms with Crippen LogP contribution in [0.5, 0.6) is 5.75 Å². The summed E-state index contributed by atoms with van der Waals surface area (Å²) in [7, 11) is -3.08. The van der Waals surface area contributed by atoms with Crippen LogP contribution in [0.1, 0.15) is 0 Å². The second kappa shape index (κ2) is 4.54. The third kappa shape index (κ3) is 2.89. The lowest BCUT2D eigenvalue weighted by Gasteiger charge is -2.34. The molecular weight excluding hydrogens is 240 g/mol. The fourth-order valence-corrected chi connectivity index (χ4v) is 2.79. The Morgan fingerprint density at radius 1 is 1.18 bits per heavy atom. The van der Waals surface area contributed by atoms with E-state index in [9.17, 15) is 13.5 Å². The highest BCUT2D eigenvalue weighted by Gasteiger charge is 2.23. The normalized spacial score (nSPS) is 18.3. The molecule has 1 fully saturated rings. The highest BCUT2D eigenvalue weighted by Crippen LogP contribution is 2.21. The minimum atomic E-state index is -3.08. The number of phenols is 1. The van der Waals surface area contributed by atoms with Gasteiger partial charge in [0.1, 0.15) is 5.75 Å². The third-order valence-electron chi connectivity index (χ3n) is 2.90. The van der Waals surface area contributed by atoms with Crippen LogP contribution in [-0.4, -0.2) is 50.3 Å². The maximum atomic E-state index is 11.4. The molecule has 0 amide bonds. The predicted octanol–water partition coefficient (Wildman–Crippen LogP) is 0.474. The lowest BCUT2D eigenvalue weighted by molar-refractivity contribution is 0.387. The van der Waals surface area contributed by atoms with Gasteiger partial charge in [-0.15, -0.1) is 0 Å². The molecule has 1 aliphatic rings. The summed E-state index contributed by atoms with van der Waals surface area (Å²) in [6, 6.07) is 7.01. The Balaban J connectivity index is 2.05. The molecule has 0 atom stereocenters. The zero-order valence-electron chi connectivity index (χ0n) is 9.70. The van der Waals surface area contributed by atoms with E-state index in [1.54, 1.807) is 18.2 Å². The van der Waals surface area contributed by atoms with Crippen LogP contribution in [0.4, 0.5) is 5.69 Å². The molecule has 1 aromatic carbocycles. The lowest BCUT2D eigenvalue weighted by atomic mass is 10.2. The van der Waals surface area contributed by atoms with Crippen molar-refractivity contribution in [2.24, 2.45) is 0 Å². The van der Waals surface area contributed by atoms with Gasteiger partial charge in [0.05, 0.1) is 6.26 Å². The standard InChI is InChI=1S/C11H16N2O3S/c1-17(15,16)13-7-5-12(6-8-13)10-3-2-4-11(14)9-10/h2-4,9,14H,5-8H2,1H3. The molecule has 0 unspecified atom stereocenters. The van der Waals surface area contributed by atoms with Crippen LogP contribution in [0.2, 0.25) is 0 Å². The molecule has 0 bridgehead atoms. The summed E-state index contributed by atoms with van der Waals surface area (Å²) in [6.07, 6.45) is 1.23. The molecule has 5 nitrogen and oxygen atoms in total. The quantitative estimate of drug-likeness (QED) is 0.836. The van der Waals surface area contributed by atoms with Crippen LogP contribution in [-0.2, 0) is 10.0 Å². The monoisotopic (exact) mass is 256 g/mol. The molecular formula is C11H16N2O3S. The van der Waals surface area contributed by atoms with Crippen LogP contribution in [0.3, 0.4) is 0 Å². The molecule has 1 N–H and O–H groups in total. The van der Waals surface area contributed by atoms with Gasteiger partial charge in [-0.2, -0.15) is 4.31 Å². The number of anilines is 1. The number of aromatic hydroxyl groups is 1. The number of sulfonamides is 1. The summed E-state index contributed by atoms with van der Waals surface area (Å²) in [5.74, 6) is 0.230. The van der Waals surface area contributed by atoms with Gasteiger partial charge in [0.25, 0.3) is 0 Å². The summed E-state index contributed by atoms with van der Waals surface area (Å²) in [5, 5.41) is 9.39. The fraction of sp³-hybridized carbons (Fsp3) is 0.455. The average Bonchev–Trinajstić information content (AvgIpc) is 2.28. The van der Waals surface area contributed by atoms with Crippen LogP contribution in [0.15, 0.2) is 24.3 Å². The summed E-state index contributed by atoms with van der Waals surface area (Å²) in [4.78, 5) is 2.07. The maximum Gasteiger partial charge on any atom is 0.211 e. The lowest BCUT2D eigenvalue weighted by Crippen LogP contribution is -2.48. The molecule has 1 heterocycles. The molecule has 0 saturated carbocycles. The predicted molar refractivity (Wildman–Crippen MR) is 66.7 cm³/mol. The van der Waals surface area contributed by atoms with Gasteiger partial charge in [-0.05, 0) is 12.1 Å². The molecule has 94 valence electrons. The molecule has 1 aromatic rings. The van der Waals surface area contributed by atoms with Crippen molar-refractivity contribution in [3.05, 3.63) is 24.3 Å². The Labute approximate surface area is 101 Å². The van der Waals surface area contributed by atoms with Gasteiger partial charge in [0.15, 0.2) is 0 Å². The minimum Gasteiger partial charge on any atom is -0.508 e. The summed E-state index contributed by atoms with van der Waals surface area (Å²) < 4.78 is 24.2. The molecule has 0 radical (unpaired) electrons. The highest BCUT2D eigenvalue weighted by molar-refractivity contribution is 7.88. The van der Waals surface area contributed by atoms with Crippen LogP contribution in [0, 0.1) is 0 Å². The van der Waals surface area contributed by atoms with E-state index in [1.165, 1.54) is 10.6 Å². The summed E-state index contributed by atoms with van der Waals surface area (Å²) >= 11 is 0. The van der Waals surface area contributed by atoms with Gasteiger partial charge in [0.2, 0.25) is 10.0 Å². The number of rotatable bonds is 2. The van der Waals surface area contributed by atoms with Gasteiger partial charge in [-0.1, -0.05) is 6.07 Å². The Morgan fingerprint density at radius 3 is 2.35 bits per heavy atom. The number of hydrogen-bond donors (Lipinski definition) is 1. The zero-order valence-corrected chi connectivity index (χ0v) is 10.5. The van der Waals surface area contributed by atoms with Gasteiger partial charge >= 0.3 is 0 Å². The Kier molecular flexibility index (Phi) is 3.26. The molecule has 2 rings (SSSR count). The highest BCUT2D eigenvalue weighted by atomic mass is 32.2. The maximum absolute atomic E-state index is 11.4. The van der Waals surface area contributed by atoms with Crippen molar-refractivity contribution in [1.29, 1.82) is 0 Å². The van der Waals surface area contributed by atoms with Crippen molar-refractivity contribution in [2.75, 3.05) is 37.3 Å². The Hall–Kier alpha value is -1.27. The SMILES string of the molecule is CS(=O)(=O)N1CCN(c2cccc(O)c2)CC1. The molecule has 6 heteroatoms. The van der Waals surface area contributed by atoms with Crippen LogP contribution < -0.4 is 4.90 Å². The van der Waals surface area contributed by atoms with Crippen LogP contribution >= 0.6 is 0 Å². The summed E-state index contributed by atoms with van der Waals surface area (Å²) in [6.45, 7) is 2.29. The average molecular weight is 256 g/mol. The first-order valence-corrected chi connectivity index (χ1v) is 7.31. The van der Waals surface area contributed by atoms with Crippen LogP contribution in [0.25, 0.3) is 0 Å². The molecule has 0 aromatic heterocycles. The van der Waals surface area contributed by atoms with E-state index in [0.29, 0.717) is 26.2 Å². The van der Waals surface area contributed by atoms with E-state index in [4.69, 9.17) is 0 Å². The smallest absolute Gasteiger partial charge is 0.211 e. The number of nitrogens with zero attached hydrogens (tertiary/aromatic N) is 2. The minimum absolute atomic E-state index is 0.230. The van der Waals surface area contributed by atoms with Crippen molar-refractivity contribution < 1.29 is 13.5 Å². The number of benzene rings is 1. The van der Waals surface area contributed by atoms with E-state index in [0.717, 1.165) is 5.69 Å². The van der Waals surface area contributed by atoms with Gasteiger partial charge in [-0.25, -0.2) is 8.42 Å². The van der Waals surface area contributed by atoms with Crippen molar-refractivity contribution in [2.45, 2.75) is 0 Å². The Morgan fingerprint density at radius 2 is 1.82 bits per heavy atom. The second-order valence-electron chi connectivity index (χ2n) is 4.17. The van der Waals surface area contributed by atoms with Crippen molar-refractivity contribution >= 4 is 15.7 Å². The van der Waals surface area contributed by atoms with E-state index >= 15 is 0 Å². The topological polar surface area (TPSA) is 60.9 Å². The summed E-state index contributed by atoms with van der Waals surface area (Å²) in [5.41, 5.74) is 0.929. The third-order valence-corrected chi connectivity index (χ3v) is 4.21. The van der Waals surface area contributed by atoms with Gasteiger partial charge in [0, 0.05) is 37.9 Å². The van der Waals surface area contributed by atoms with E-state index in [2.05, 4.69) is 4.90 Å². The first-order valence-electron chi connectivity index (χ1n) is 5.46. The molecule has 0 spiro atoms. The van der Waals surface area contributed by atoms with Gasteiger partial charge < -0.3 is 10.0 Å². The van der Waals surface area contributed by atoms with Gasteiger partial charge in [-0.3, -0.25) is 0 Å². The number of piperazine rings is 1. The van der Waals surface area contributed by atoms with Crippen molar-refractivity contribution in [3.8, 4) is 5.75 Å². The van der Waals surface area contributed by atoms with E-state index in [1.807, 2.05) is 6.07 Å². The van der Waals surface area contributed by atoms with Crippen molar-refractivity contribution in [3.63, 3.8) is 0 Å². The molecule has 1 saturated heterocycles. The first-order chi connectivity index (χ1) is 7.97. The number of hydrogen-bond acceptors (Lipinski definition) is 4. The zero-order chi connectivity index (χ0) is 12.5. The number of phenolic OH excluding ortho intramolecular Hbond substituents is 1. The fourth-order valence-electron chi connectivity index (χ4n) is 1.97. The molecule has 17 heavy (non-hydrogen) atoms. The Bertz CT molecular complexity index is 493. The van der Waals surface area contributed by atoms with E-state index in [-0.39, 0.29) is 5.75 Å². The van der Waals surface area contributed by atoms with E-state index < -0.39 is 10.0 Å². The molecule has 0 aliphatic carbocycles. The van der Waals surface area contributed by atoms with Crippen molar-refractivity contribution in [1.82, 2.24) is 4.31 Å². The molecule has 1 aliphatic heterocycles. The largest absolute Gasteiger partial charge is 0.508 e.